The zero-order valence-corrected chi connectivity index (χ0v) is 28.4. The molecule has 0 saturated carbocycles. The van der Waals surface area contributed by atoms with Gasteiger partial charge in [-0.1, -0.05) is 129 Å². The Morgan fingerprint density at radius 1 is 0.490 bits per heavy atom. The first-order valence-corrected chi connectivity index (χ1v) is 18.0. The maximum Gasteiger partial charge on any atom is 0.329 e. The summed E-state index contributed by atoms with van der Waals surface area (Å²) in [6.45, 7) is 4.91. The Hall–Kier alpha value is -6.26. The first kappa shape index (κ1) is 27.6. The molecular formula is C47H32BN3. The molecule has 0 unspecified atom stereocenters. The number of fused-ring (bicyclic) bond motifs is 12. The van der Waals surface area contributed by atoms with Gasteiger partial charge in [0.05, 0.1) is 11.0 Å². The number of benzene rings is 7. The molecule has 2 aromatic heterocycles. The van der Waals surface area contributed by atoms with Crippen molar-refractivity contribution in [1.82, 2.24) is 9.05 Å². The molecule has 238 valence electrons. The van der Waals surface area contributed by atoms with Crippen molar-refractivity contribution in [2.24, 2.45) is 0 Å². The lowest BCUT2D eigenvalue weighted by Crippen LogP contribution is -2.52. The van der Waals surface area contributed by atoms with Gasteiger partial charge >= 0.3 is 6.85 Å². The van der Waals surface area contributed by atoms with E-state index in [-0.39, 0.29) is 12.3 Å². The summed E-state index contributed by atoms with van der Waals surface area (Å²) in [5.74, 6) is 0. The Balaban J connectivity index is 1.29. The van der Waals surface area contributed by atoms with Gasteiger partial charge < -0.3 is 13.9 Å². The Kier molecular flexibility index (Phi) is 5.13. The minimum absolute atomic E-state index is 0.0236. The largest absolute Gasteiger partial charge is 0.375 e. The van der Waals surface area contributed by atoms with Gasteiger partial charge in [0.25, 0.3) is 0 Å². The van der Waals surface area contributed by atoms with Crippen molar-refractivity contribution >= 4 is 73.0 Å². The summed E-state index contributed by atoms with van der Waals surface area (Å²) >= 11 is 0. The van der Waals surface area contributed by atoms with E-state index < -0.39 is 0 Å². The van der Waals surface area contributed by atoms with Crippen LogP contribution in [0.25, 0.3) is 66.1 Å². The van der Waals surface area contributed by atoms with Gasteiger partial charge in [0.1, 0.15) is 0 Å². The second-order valence-electron chi connectivity index (χ2n) is 14.9. The molecule has 0 saturated heterocycles. The molecule has 0 fully saturated rings. The van der Waals surface area contributed by atoms with Gasteiger partial charge in [-0.25, -0.2) is 0 Å². The molecule has 3 nitrogen and oxygen atoms in total. The molecule has 0 bridgehead atoms. The fraction of sp³-hybridized carbons (Fsp3) is 0.0638. The van der Waals surface area contributed by atoms with Crippen LogP contribution in [0.2, 0.25) is 0 Å². The number of hydrogen-bond acceptors (Lipinski definition) is 1. The van der Waals surface area contributed by atoms with E-state index in [9.17, 15) is 0 Å². The van der Waals surface area contributed by atoms with Gasteiger partial charge in [-0.05, 0) is 64.5 Å². The van der Waals surface area contributed by atoms with E-state index in [0.29, 0.717) is 0 Å². The van der Waals surface area contributed by atoms with E-state index in [1.54, 1.807) is 0 Å². The Labute approximate surface area is 296 Å². The lowest BCUT2D eigenvalue weighted by atomic mass is 9.40. The predicted molar refractivity (Wildman–Crippen MR) is 215 cm³/mol. The van der Waals surface area contributed by atoms with Gasteiger partial charge in [0, 0.05) is 71.9 Å². The minimum atomic E-state index is -0.202. The first-order valence-electron chi connectivity index (χ1n) is 18.0. The quantitative estimate of drug-likeness (QED) is 0.170. The lowest BCUT2D eigenvalue weighted by Gasteiger charge is -2.42. The molecular weight excluding hydrogens is 617 g/mol. The van der Waals surface area contributed by atoms with Crippen LogP contribution in [0.4, 0.5) is 11.4 Å². The molecule has 51 heavy (non-hydrogen) atoms. The van der Waals surface area contributed by atoms with E-state index in [0.717, 1.165) is 0 Å². The predicted octanol–water partition coefficient (Wildman–Crippen LogP) is 11.0. The average Bonchev–Trinajstić information content (AvgIpc) is 3.78. The van der Waals surface area contributed by atoms with Crippen LogP contribution in [-0.4, -0.2) is 15.9 Å². The molecule has 0 atom stereocenters. The van der Waals surface area contributed by atoms with Crippen LogP contribution in [0.1, 0.15) is 25.0 Å². The van der Waals surface area contributed by atoms with Crippen molar-refractivity contribution in [2.45, 2.75) is 19.3 Å². The van der Waals surface area contributed by atoms with Crippen LogP contribution in [-0.2, 0) is 5.41 Å². The molecule has 2 aliphatic heterocycles. The third-order valence-electron chi connectivity index (χ3n) is 12.1. The van der Waals surface area contributed by atoms with Gasteiger partial charge in [0.15, 0.2) is 0 Å². The topological polar surface area (TPSA) is 13.1 Å². The number of allylic oxidation sites excluding steroid dienone is 1. The molecule has 9 aromatic rings. The number of hydrogen-bond donors (Lipinski definition) is 0. The zero-order valence-electron chi connectivity index (χ0n) is 28.4. The number of aromatic nitrogens is 2. The van der Waals surface area contributed by atoms with Gasteiger partial charge in [0.2, 0.25) is 0 Å². The number of anilines is 2. The summed E-state index contributed by atoms with van der Waals surface area (Å²) in [7, 11) is 0. The monoisotopic (exact) mass is 649 g/mol. The zero-order chi connectivity index (χ0) is 33.6. The van der Waals surface area contributed by atoms with Crippen molar-refractivity contribution in [3.8, 4) is 16.8 Å². The third-order valence-corrected chi connectivity index (χ3v) is 12.1. The van der Waals surface area contributed by atoms with Crippen LogP contribution < -0.4 is 10.4 Å². The second-order valence-corrected chi connectivity index (χ2v) is 14.9. The van der Waals surface area contributed by atoms with Crippen LogP contribution in [0.5, 0.6) is 0 Å². The van der Waals surface area contributed by atoms with E-state index >= 15 is 0 Å². The first-order chi connectivity index (χ1) is 25.1. The summed E-state index contributed by atoms with van der Waals surface area (Å²) in [4.78, 5) is 2.56. The van der Waals surface area contributed by atoms with Crippen molar-refractivity contribution in [1.29, 1.82) is 0 Å². The van der Waals surface area contributed by atoms with Crippen LogP contribution >= 0.6 is 0 Å². The molecule has 0 radical (unpaired) electrons. The van der Waals surface area contributed by atoms with Crippen LogP contribution in [0.3, 0.4) is 0 Å². The van der Waals surface area contributed by atoms with Crippen molar-refractivity contribution < 1.29 is 0 Å². The van der Waals surface area contributed by atoms with E-state index in [1.807, 2.05) is 0 Å². The highest BCUT2D eigenvalue weighted by atomic mass is 15.2. The molecule has 0 spiro atoms. The van der Waals surface area contributed by atoms with Crippen LogP contribution in [0.15, 0.2) is 163 Å². The summed E-state index contributed by atoms with van der Waals surface area (Å²) in [6.07, 6.45) is 0. The highest BCUT2D eigenvalue weighted by Crippen LogP contribution is 2.56. The smallest absolute Gasteiger partial charge is 0.329 e. The van der Waals surface area contributed by atoms with E-state index in [1.165, 1.54) is 99.6 Å². The highest BCUT2D eigenvalue weighted by Gasteiger charge is 2.52. The third kappa shape index (κ3) is 3.27. The van der Waals surface area contributed by atoms with Crippen molar-refractivity contribution in [2.75, 3.05) is 4.90 Å². The van der Waals surface area contributed by atoms with Crippen LogP contribution in [0, 0.1) is 0 Å². The minimum Gasteiger partial charge on any atom is -0.375 e. The number of nitrogens with zero attached hydrogens (tertiary/aromatic N) is 3. The maximum atomic E-state index is 2.73. The molecule has 3 aliphatic rings. The van der Waals surface area contributed by atoms with E-state index in [2.05, 4.69) is 186 Å². The second kappa shape index (κ2) is 9.50. The maximum absolute atomic E-state index is 2.73. The normalized spacial score (nSPS) is 15.3. The SMILES string of the molecule is CC1(C)C2=C(c3ccccc31)N(c1ccccc1)c1cccc3c1B2n1c2ccc4c5ccccc5n(-c5ccccc5)c4c2c2cccc-3c21. The van der Waals surface area contributed by atoms with Crippen molar-refractivity contribution in [3.63, 3.8) is 0 Å². The molecule has 4 heterocycles. The standard InChI is InChI=1S/C47H32BN3/c1-47(2)37-24-11-9-20-35(37)45-46(47)48-42-32(21-14-26-40(42)50(45)30-17-7-4-8-18-30)33-22-13-23-36-41-39(51(48)43(33)36)28-27-34-31-19-10-12-25-38(31)49(44(34)41)29-15-5-3-6-16-29/h3-28H,1-2H3. The Morgan fingerprint density at radius 2 is 1.16 bits per heavy atom. The summed E-state index contributed by atoms with van der Waals surface area (Å²) in [5, 5.41) is 5.20. The summed E-state index contributed by atoms with van der Waals surface area (Å²) in [5.41, 5.74) is 18.1. The number of para-hydroxylation sites is 4. The fourth-order valence-electron chi connectivity index (χ4n) is 10.1. The molecule has 0 amide bonds. The van der Waals surface area contributed by atoms with Gasteiger partial charge in [-0.2, -0.15) is 0 Å². The fourth-order valence-corrected chi connectivity index (χ4v) is 10.1. The lowest BCUT2D eigenvalue weighted by molar-refractivity contribution is 0.663. The molecule has 0 N–H and O–H groups in total. The summed E-state index contributed by atoms with van der Waals surface area (Å²) in [6, 6.07) is 58.6. The van der Waals surface area contributed by atoms with Crippen molar-refractivity contribution in [3.05, 3.63) is 174 Å². The Bertz CT molecular complexity index is 3000. The van der Waals surface area contributed by atoms with Gasteiger partial charge in [-0.15, -0.1) is 0 Å². The summed E-state index contributed by atoms with van der Waals surface area (Å²) < 4.78 is 5.22. The number of rotatable bonds is 2. The highest BCUT2D eigenvalue weighted by molar-refractivity contribution is 6.85. The molecule has 1 aliphatic carbocycles. The molecule has 7 aromatic carbocycles. The van der Waals surface area contributed by atoms with Gasteiger partial charge in [-0.3, -0.25) is 0 Å². The average molecular weight is 650 g/mol. The van der Waals surface area contributed by atoms with E-state index in [4.69, 9.17) is 0 Å². The molecule has 4 heteroatoms. The molecule has 12 rings (SSSR count). The Morgan fingerprint density at radius 3 is 2.00 bits per heavy atom.